The quantitative estimate of drug-likeness (QED) is 0.0301. The second-order valence-corrected chi connectivity index (χ2v) is 45.7. The van der Waals surface area contributed by atoms with E-state index in [4.69, 9.17) is 23.7 Å². The number of carbonyl (C=O) groups excluding carboxylic acids is 16. The molecule has 150 heavy (non-hydrogen) atoms. The zero-order chi connectivity index (χ0) is 114. The first-order chi connectivity index (χ1) is 70.0. The fraction of sp³-hybridized carbons (Fsp3) is 0.770. The molecule has 0 radical (unpaired) electrons. The number of cyclic esters (lactones) is 1. The van der Waals surface area contributed by atoms with Crippen LogP contribution in [0.15, 0.2) is 59.8 Å². The molecule has 5 aliphatic rings. The summed E-state index contributed by atoms with van der Waals surface area (Å²) in [4.78, 5) is 240. The number of fused-ring (bicyclic) bond motifs is 3. The van der Waals surface area contributed by atoms with E-state index >= 15 is 9.59 Å². The third kappa shape index (κ3) is 37.4. The number of allylic oxidation sites excluding steroid dienone is 8. The Labute approximate surface area is 894 Å². The number of hydrogen-bond donors (Lipinski definition) is 8. The van der Waals surface area contributed by atoms with E-state index in [1.54, 1.807) is 95.6 Å². The lowest BCUT2D eigenvalue weighted by molar-refractivity contribution is -0.265. The Bertz CT molecular complexity index is 4650. The number of Topliss-reactive ketones (excluding diaryl/α,β-unsaturated/α-hetero) is 3. The summed E-state index contributed by atoms with van der Waals surface area (Å²) in [5.74, 6) is -17.7. The topological polar surface area (TPSA) is 474 Å². The summed E-state index contributed by atoms with van der Waals surface area (Å²) in [5, 5.41) is 56.9. The maximum Gasteiger partial charge on any atom is 0.329 e. The minimum Gasteiger partial charge on any atom is -0.460 e. The minimum absolute atomic E-state index is 0.0193. The molecule has 0 aromatic carbocycles. The van der Waals surface area contributed by atoms with Crippen molar-refractivity contribution >= 4 is 94.2 Å². The summed E-state index contributed by atoms with van der Waals surface area (Å²) in [6.07, 6.45) is 14.2. The molecular formula is C113H190N12O25. The predicted molar refractivity (Wildman–Crippen MR) is 574 cm³/mol. The Balaban J connectivity index is 0.000000645. The van der Waals surface area contributed by atoms with Crippen molar-refractivity contribution in [2.75, 3.05) is 83.8 Å². The highest BCUT2D eigenvalue weighted by Crippen LogP contribution is 2.40. The van der Waals surface area contributed by atoms with Crippen LogP contribution in [0.3, 0.4) is 0 Å². The van der Waals surface area contributed by atoms with Crippen molar-refractivity contribution in [2.24, 2.45) is 76.9 Å². The molecule has 37 heteroatoms. The molecule has 0 spiro atoms. The van der Waals surface area contributed by atoms with Crippen LogP contribution in [0, 0.1) is 76.9 Å². The second kappa shape index (κ2) is 62.1. The molecule has 27 atom stereocenters. The van der Waals surface area contributed by atoms with E-state index in [9.17, 15) is 87.5 Å². The van der Waals surface area contributed by atoms with Crippen molar-refractivity contribution in [1.82, 2.24) is 60.5 Å². The molecule has 8 N–H and O–H groups in total. The first kappa shape index (κ1) is 133. The summed E-state index contributed by atoms with van der Waals surface area (Å²) in [7, 11) is 14.4. The molecule has 4 aliphatic heterocycles. The molecular weight excluding hydrogens is 1930 g/mol. The molecule has 1 saturated carbocycles. The van der Waals surface area contributed by atoms with Gasteiger partial charge in [0.15, 0.2) is 5.78 Å². The number of nitrogens with one attached hydrogen (secondary N) is 4. The van der Waals surface area contributed by atoms with Gasteiger partial charge in [-0.25, -0.2) is 4.79 Å². The molecule has 4 fully saturated rings. The number of ether oxygens (including phenoxy) is 5. The second-order valence-electron chi connectivity index (χ2n) is 45.7. The lowest BCUT2D eigenvalue weighted by Crippen LogP contribution is -2.63. The molecule has 5 rings (SSSR count). The van der Waals surface area contributed by atoms with Gasteiger partial charge in [-0.2, -0.15) is 0 Å². The van der Waals surface area contributed by atoms with Gasteiger partial charge in [0.25, 0.3) is 11.7 Å². The van der Waals surface area contributed by atoms with Crippen LogP contribution in [-0.4, -0.2) is 359 Å². The number of carbonyl (C=O) groups is 16. The number of rotatable bonds is 21. The Morgan fingerprint density at radius 3 is 1.63 bits per heavy atom. The van der Waals surface area contributed by atoms with Crippen LogP contribution in [0.1, 0.15) is 282 Å². The minimum atomic E-state index is -2.43. The normalized spacial score (nSPS) is 32.8. The molecule has 3 saturated heterocycles. The van der Waals surface area contributed by atoms with E-state index < -0.39 is 240 Å². The van der Waals surface area contributed by atoms with E-state index in [2.05, 4.69) is 21.3 Å². The SMILES string of the molecule is C/C=C/C[C@@H](C)[C@@H](O)[C@H]1C(=O)N[C@@H](CC)C(=O)N(C)CC(=O)N(C)[C@@H](CC(C)C)C(=O)N[C@@H](C(C)C)C(=O)N(C)[C@@H](CC(C)C)C(=O)N[C@@H](C)C(=O)N[C@H](C)C(=O)N(C)[C@@H](CC(C)C)C(=O)N(C)[C@@H](CC(C)C)C(=O)N(C)[C@@H](C(C)C)C(=O)N1C.CO[C@H]1C[C@@H]2CC[C@@H](C)[C@@](O)(O2)C(=O)C(=O)N2CCCC[C@H]2C(=O)O[C@H]([C@H](C)C[C@@H]2CC[C@@H](O)[C@H](OC)C2)CC(=O)[C@H](C)/C=C(\C)[C@@H](O)[C@@H](OC)C(=O)[C@H](C)C[C@H](C)/C=C/C=C/C=C/1C. The third-order valence-corrected chi connectivity index (χ3v) is 30.6. The largest absolute Gasteiger partial charge is 0.460 e. The number of piperidine rings is 1. The monoisotopic (exact) mass is 2120 g/mol. The van der Waals surface area contributed by atoms with Gasteiger partial charge in [0.05, 0.1) is 37.1 Å². The highest BCUT2D eigenvalue weighted by Gasteiger charge is 2.55. The number of ketones is 3. The molecule has 12 amide bonds. The molecule has 0 aromatic heterocycles. The third-order valence-electron chi connectivity index (χ3n) is 30.6. The van der Waals surface area contributed by atoms with E-state index in [1.807, 2.05) is 120 Å². The smallest absolute Gasteiger partial charge is 0.329 e. The van der Waals surface area contributed by atoms with Gasteiger partial charge in [0.1, 0.15) is 90.6 Å². The van der Waals surface area contributed by atoms with Crippen molar-refractivity contribution in [3.63, 3.8) is 0 Å². The van der Waals surface area contributed by atoms with Crippen molar-refractivity contribution in [3.05, 3.63) is 59.8 Å². The maximum absolute atomic E-state index is 15.1. The Hall–Kier alpha value is -9.50. The fourth-order valence-corrected chi connectivity index (χ4v) is 20.8. The van der Waals surface area contributed by atoms with E-state index in [0.717, 1.165) is 21.8 Å². The number of esters is 1. The van der Waals surface area contributed by atoms with Gasteiger partial charge in [-0.3, -0.25) is 71.9 Å². The van der Waals surface area contributed by atoms with Crippen LogP contribution < -0.4 is 21.3 Å². The molecule has 0 aromatic rings. The van der Waals surface area contributed by atoms with Crippen LogP contribution in [0.5, 0.6) is 0 Å². The van der Waals surface area contributed by atoms with Crippen LogP contribution in [-0.2, 0) is 100 Å². The van der Waals surface area contributed by atoms with Crippen molar-refractivity contribution in [3.8, 4) is 0 Å². The molecule has 1 aliphatic carbocycles. The van der Waals surface area contributed by atoms with Gasteiger partial charge in [-0.1, -0.05) is 180 Å². The average molecular weight is 2120 g/mol. The molecule has 37 nitrogen and oxygen atoms in total. The number of hydrogen-bond acceptors (Lipinski definition) is 25. The van der Waals surface area contributed by atoms with Crippen LogP contribution >= 0.6 is 0 Å². The number of aliphatic hydroxyl groups excluding tert-OH is 3. The maximum atomic E-state index is 15.1. The van der Waals surface area contributed by atoms with Crippen LogP contribution in [0.25, 0.3) is 0 Å². The highest BCUT2D eigenvalue weighted by molar-refractivity contribution is 6.39. The van der Waals surface area contributed by atoms with E-state index in [1.165, 1.54) is 99.7 Å². The van der Waals surface area contributed by atoms with Crippen LogP contribution in [0.4, 0.5) is 0 Å². The molecule has 0 unspecified atom stereocenters. The number of aliphatic hydroxyl groups is 4. The van der Waals surface area contributed by atoms with Gasteiger partial charge < -0.3 is 105 Å². The van der Waals surface area contributed by atoms with Gasteiger partial charge in [0.2, 0.25) is 70.8 Å². The summed E-state index contributed by atoms with van der Waals surface area (Å²) >= 11 is 0. The summed E-state index contributed by atoms with van der Waals surface area (Å²) in [6.45, 7) is 42.1. The number of nitrogens with zero attached hydrogens (tertiary/aromatic N) is 8. The van der Waals surface area contributed by atoms with Gasteiger partial charge >= 0.3 is 5.97 Å². The molecule has 2 bridgehead atoms. The number of methoxy groups -OCH3 is 3. The summed E-state index contributed by atoms with van der Waals surface area (Å²) in [5.41, 5.74) is 1.27. The zero-order valence-electron chi connectivity index (χ0n) is 96.7. The highest BCUT2D eigenvalue weighted by atomic mass is 16.6. The molecule has 4 heterocycles. The van der Waals surface area contributed by atoms with Gasteiger partial charge in [-0.05, 0) is 208 Å². The predicted octanol–water partition coefficient (Wildman–Crippen LogP) is 9.45. The lowest BCUT2D eigenvalue weighted by atomic mass is 9.78. The van der Waals surface area contributed by atoms with E-state index in [-0.39, 0.29) is 111 Å². The standard InChI is InChI=1S/C62H111N11O12.C51H79NO13/c1-25-27-28-40(15)52(75)51-56(79)65-43(26-2)58(81)67(18)33-48(74)68(19)44(29-34(3)4)55(78)66-49(38(11)12)61(84)69(20)45(30-35(5)6)54(77)63-41(16)53(76)64-42(17)57(80)70(21)46(31-36(7)8)59(82)71(22)47(32-37(9)10)60(83)72(23)50(39(13)14)62(85)73(51)24;1-30-16-12-11-13-17-31(2)42(61-8)28-38-21-19-36(7)51(60,65-38)48(57)49(58)52-23-15-14-18-39(52)50(59)64-43(33(4)26-37-20-22-40(53)44(27-37)62-9)29-41(54)32(3)25-35(6)46(56)47(63-10)45(55)34(5)24-30/h25,27,34-47,49-52,75H,26,28-33H2,1-24H3,(H,63,77)(H,64,76)(H,65,79)(H,66,78);11-13,16-17,25,30,32-34,36-40,42-44,46-47,53,56,60H,14-15,18-24,26-29H2,1-10H3/b27-25+;13-11+,16-12+,31-17+,35-25+/t40-,41+,42-,43+,44+,45+,46+,47+,49+,50+,51+,52-;30-,32-,33-,34-,36-,37+,38+,39+,40-,42+,43+,44-,46-,47+,51-/m11/s1. The Kier molecular flexibility index (Phi) is 55.0. The number of likely N-dealkylation sites (N-methyl/N-ethyl adjacent to an activating group) is 7. The summed E-state index contributed by atoms with van der Waals surface area (Å²) < 4.78 is 29.4. The Morgan fingerprint density at radius 1 is 0.540 bits per heavy atom. The zero-order valence-corrected chi connectivity index (χ0v) is 96.7. The van der Waals surface area contributed by atoms with Crippen LogP contribution in [0.2, 0.25) is 0 Å². The first-order valence-corrected chi connectivity index (χ1v) is 54.5. The average Bonchev–Trinajstić information content (AvgIpc) is 0.771. The number of amides is 12. The van der Waals surface area contributed by atoms with E-state index in [0.29, 0.717) is 69.8 Å². The lowest BCUT2D eigenvalue weighted by Gasteiger charge is -2.42. The van der Waals surface area contributed by atoms with Gasteiger partial charge in [0, 0.05) is 108 Å². The van der Waals surface area contributed by atoms with Gasteiger partial charge in [-0.15, -0.1) is 0 Å². The molecule has 852 valence electrons. The Morgan fingerprint density at radius 2 is 1.09 bits per heavy atom. The van der Waals surface area contributed by atoms with Crippen molar-refractivity contribution in [1.29, 1.82) is 0 Å². The fourth-order valence-electron chi connectivity index (χ4n) is 20.8. The van der Waals surface area contributed by atoms with Crippen molar-refractivity contribution < 1.29 is 121 Å². The van der Waals surface area contributed by atoms with Crippen molar-refractivity contribution in [2.45, 2.75) is 403 Å². The summed E-state index contributed by atoms with van der Waals surface area (Å²) in [6, 6.07) is -13.5. The first-order valence-electron chi connectivity index (χ1n) is 54.5.